The van der Waals surface area contributed by atoms with Gasteiger partial charge in [0.05, 0.1) is 11.1 Å². The number of para-hydroxylation sites is 3. The number of rotatable bonds is 5. The number of aromatic nitrogens is 2. The monoisotopic (exact) mass is 669 g/mol. The molecule has 0 aliphatic rings. The molecule has 0 fully saturated rings. The van der Waals surface area contributed by atoms with Crippen molar-refractivity contribution < 1.29 is 13.3 Å². The van der Waals surface area contributed by atoms with Gasteiger partial charge in [-0.15, -0.1) is 0 Å². The minimum atomic E-state index is 0.643. The summed E-state index contributed by atoms with van der Waals surface area (Å²) in [5.74, 6) is 0. The van der Waals surface area contributed by atoms with Crippen LogP contribution in [0.3, 0.4) is 0 Å². The SMILES string of the molecule is c1ccc2c(c1)oc1cccc(N(c3ccc(-c4cccc5c4oc4ncccc45)cc3)c3ccc(-c4cccc5c4oc4ncccc45)cc3)c12. The van der Waals surface area contributed by atoms with Crippen LogP contribution in [0.2, 0.25) is 0 Å². The number of hydrogen-bond acceptors (Lipinski definition) is 6. The Kier molecular flexibility index (Phi) is 6.15. The van der Waals surface area contributed by atoms with Crippen LogP contribution in [0.4, 0.5) is 17.1 Å². The van der Waals surface area contributed by atoms with Gasteiger partial charge in [0.25, 0.3) is 0 Å². The Morgan fingerprint density at radius 2 is 0.885 bits per heavy atom. The first-order valence-electron chi connectivity index (χ1n) is 17.2. The largest absolute Gasteiger partial charge is 0.456 e. The van der Waals surface area contributed by atoms with Crippen molar-refractivity contribution in [2.45, 2.75) is 0 Å². The van der Waals surface area contributed by atoms with Gasteiger partial charge in [-0.05, 0) is 77.9 Å². The second kappa shape index (κ2) is 11.2. The molecule has 11 rings (SSSR count). The summed E-state index contributed by atoms with van der Waals surface area (Å²) in [7, 11) is 0. The summed E-state index contributed by atoms with van der Waals surface area (Å²) in [6, 6.07) is 52.4. The summed E-state index contributed by atoms with van der Waals surface area (Å²) < 4.78 is 18.9. The molecule has 0 aliphatic carbocycles. The zero-order chi connectivity index (χ0) is 34.2. The summed E-state index contributed by atoms with van der Waals surface area (Å²) >= 11 is 0. The van der Waals surface area contributed by atoms with Crippen molar-refractivity contribution in [3.8, 4) is 22.3 Å². The van der Waals surface area contributed by atoms with E-state index in [1.165, 1.54) is 0 Å². The van der Waals surface area contributed by atoms with Gasteiger partial charge in [0, 0.05) is 61.8 Å². The molecule has 0 saturated carbocycles. The highest BCUT2D eigenvalue weighted by molar-refractivity contribution is 6.14. The van der Waals surface area contributed by atoms with Crippen LogP contribution in [0.1, 0.15) is 0 Å². The molecule has 0 unspecified atom stereocenters. The lowest BCUT2D eigenvalue weighted by molar-refractivity contribution is 0.654. The minimum Gasteiger partial charge on any atom is -0.456 e. The number of pyridine rings is 2. The highest BCUT2D eigenvalue weighted by Gasteiger charge is 2.21. The van der Waals surface area contributed by atoms with Gasteiger partial charge in [0.1, 0.15) is 22.3 Å². The molecule has 11 aromatic rings. The number of nitrogens with zero attached hydrogens (tertiary/aromatic N) is 3. The first-order chi connectivity index (χ1) is 25.8. The molecule has 52 heavy (non-hydrogen) atoms. The molecule has 0 spiro atoms. The summed E-state index contributed by atoms with van der Waals surface area (Å²) in [5.41, 5.74) is 11.9. The molecule has 0 bridgehead atoms. The maximum Gasteiger partial charge on any atom is 0.227 e. The van der Waals surface area contributed by atoms with E-state index in [2.05, 4.69) is 136 Å². The van der Waals surface area contributed by atoms with Crippen molar-refractivity contribution in [1.29, 1.82) is 0 Å². The normalized spacial score (nSPS) is 11.8. The fourth-order valence-electron chi connectivity index (χ4n) is 7.67. The Morgan fingerprint density at radius 3 is 1.48 bits per heavy atom. The van der Waals surface area contributed by atoms with E-state index >= 15 is 0 Å². The third kappa shape index (κ3) is 4.31. The lowest BCUT2D eigenvalue weighted by atomic mass is 10.0. The summed E-state index contributed by atoms with van der Waals surface area (Å²) in [4.78, 5) is 11.2. The quantitative estimate of drug-likeness (QED) is 0.182. The van der Waals surface area contributed by atoms with E-state index < -0.39 is 0 Å². The van der Waals surface area contributed by atoms with Crippen LogP contribution in [0.5, 0.6) is 0 Å². The van der Waals surface area contributed by atoms with Crippen LogP contribution in [0, 0.1) is 0 Å². The third-order valence-corrected chi connectivity index (χ3v) is 10.0. The number of hydrogen-bond donors (Lipinski definition) is 0. The standard InChI is InChI=1S/C46H27N3O3/c1-2-16-40-38(8-1)42-39(15-5-17-41(42)50-40)49(30-22-18-28(19-23-30)32-9-3-11-34-36-13-6-26-47-45(36)51-43(32)34)31-24-20-29(21-25-31)33-10-4-12-35-37-14-7-27-48-46(37)52-44(33)35/h1-27H. The zero-order valence-corrected chi connectivity index (χ0v) is 27.7. The van der Waals surface area contributed by atoms with Crippen molar-refractivity contribution in [2.24, 2.45) is 0 Å². The van der Waals surface area contributed by atoms with Gasteiger partial charge in [-0.25, -0.2) is 9.97 Å². The van der Waals surface area contributed by atoms with E-state index in [1.807, 2.05) is 30.3 Å². The lowest BCUT2D eigenvalue weighted by Crippen LogP contribution is -2.10. The van der Waals surface area contributed by atoms with Gasteiger partial charge in [-0.2, -0.15) is 0 Å². The Morgan fingerprint density at radius 1 is 0.385 bits per heavy atom. The van der Waals surface area contributed by atoms with Crippen LogP contribution >= 0.6 is 0 Å². The highest BCUT2D eigenvalue weighted by Crippen LogP contribution is 2.44. The zero-order valence-electron chi connectivity index (χ0n) is 27.7. The average Bonchev–Trinajstić information content (AvgIpc) is 3.90. The van der Waals surface area contributed by atoms with Crippen molar-refractivity contribution in [1.82, 2.24) is 9.97 Å². The van der Waals surface area contributed by atoms with Crippen LogP contribution < -0.4 is 4.90 Å². The molecule has 0 saturated heterocycles. The van der Waals surface area contributed by atoms with Crippen molar-refractivity contribution in [2.75, 3.05) is 4.90 Å². The van der Waals surface area contributed by atoms with Crippen molar-refractivity contribution in [3.63, 3.8) is 0 Å². The molecular formula is C46H27N3O3. The molecule has 5 heterocycles. The molecule has 6 nitrogen and oxygen atoms in total. The maximum absolute atomic E-state index is 6.34. The molecule has 0 radical (unpaired) electrons. The van der Waals surface area contributed by atoms with Crippen LogP contribution in [0.25, 0.3) is 88.3 Å². The van der Waals surface area contributed by atoms with Crippen LogP contribution in [-0.4, -0.2) is 9.97 Å². The van der Waals surface area contributed by atoms with Gasteiger partial charge < -0.3 is 18.2 Å². The van der Waals surface area contributed by atoms with E-state index in [0.717, 1.165) is 94.0 Å². The molecule has 0 atom stereocenters. The number of benzene rings is 6. The smallest absolute Gasteiger partial charge is 0.227 e. The fraction of sp³-hybridized carbons (Fsp3) is 0. The first-order valence-corrected chi connectivity index (χ1v) is 17.2. The third-order valence-electron chi connectivity index (χ3n) is 10.0. The molecule has 0 aliphatic heterocycles. The molecule has 0 N–H and O–H groups in total. The average molecular weight is 670 g/mol. The van der Waals surface area contributed by atoms with E-state index in [1.54, 1.807) is 12.4 Å². The number of anilines is 3. The Balaban J connectivity index is 1.06. The molecule has 244 valence electrons. The second-order valence-corrected chi connectivity index (χ2v) is 13.0. The van der Waals surface area contributed by atoms with Gasteiger partial charge >= 0.3 is 0 Å². The Bertz CT molecular complexity index is 2980. The topological polar surface area (TPSA) is 68.4 Å². The van der Waals surface area contributed by atoms with Gasteiger partial charge in [-0.1, -0.05) is 84.9 Å². The molecule has 6 heteroatoms. The number of fused-ring (bicyclic) bond motifs is 9. The minimum absolute atomic E-state index is 0.643. The van der Waals surface area contributed by atoms with E-state index in [9.17, 15) is 0 Å². The lowest BCUT2D eigenvalue weighted by Gasteiger charge is -2.26. The Labute approximate surface area is 296 Å². The van der Waals surface area contributed by atoms with Gasteiger partial charge in [0.15, 0.2) is 0 Å². The van der Waals surface area contributed by atoms with Gasteiger partial charge in [-0.3, -0.25) is 0 Å². The molecule has 6 aromatic carbocycles. The van der Waals surface area contributed by atoms with E-state index in [-0.39, 0.29) is 0 Å². The first kappa shape index (κ1) is 28.6. The van der Waals surface area contributed by atoms with Crippen molar-refractivity contribution in [3.05, 3.63) is 164 Å². The predicted molar refractivity (Wildman–Crippen MR) is 209 cm³/mol. The summed E-state index contributed by atoms with van der Waals surface area (Å²) in [6.45, 7) is 0. The van der Waals surface area contributed by atoms with Crippen LogP contribution in [0.15, 0.2) is 177 Å². The van der Waals surface area contributed by atoms with Crippen molar-refractivity contribution >= 4 is 83.1 Å². The maximum atomic E-state index is 6.34. The summed E-state index contributed by atoms with van der Waals surface area (Å²) in [5, 5.41) is 6.27. The molecule has 5 aromatic heterocycles. The second-order valence-electron chi connectivity index (χ2n) is 13.0. The molecule has 0 amide bonds. The fourth-order valence-corrected chi connectivity index (χ4v) is 7.67. The van der Waals surface area contributed by atoms with E-state index in [4.69, 9.17) is 13.3 Å². The predicted octanol–water partition coefficient (Wildman–Crippen LogP) is 13.0. The van der Waals surface area contributed by atoms with E-state index in [0.29, 0.717) is 11.4 Å². The highest BCUT2D eigenvalue weighted by atomic mass is 16.3. The summed E-state index contributed by atoms with van der Waals surface area (Å²) in [6.07, 6.45) is 3.53. The number of furan rings is 3. The van der Waals surface area contributed by atoms with Gasteiger partial charge in [0.2, 0.25) is 11.4 Å². The Hall–Kier alpha value is -7.18. The van der Waals surface area contributed by atoms with Crippen LogP contribution in [-0.2, 0) is 0 Å². The molecular weight excluding hydrogens is 643 g/mol.